The standard InChI is InChI=1S/C14H19F2NO2/c1-14(2,17-3-5-19-6-4-17)13(18)10-7-11(15)9-12(16)8-10/h7-9,13,18H,3-6H2,1-2H3. The molecule has 0 aliphatic carbocycles. The number of benzene rings is 1. The molecule has 0 saturated carbocycles. The number of ether oxygens (including phenoxy) is 1. The molecule has 0 spiro atoms. The first-order valence-electron chi connectivity index (χ1n) is 6.38. The van der Waals surface area contributed by atoms with Gasteiger partial charge in [-0.2, -0.15) is 0 Å². The monoisotopic (exact) mass is 271 g/mol. The minimum absolute atomic E-state index is 0.258. The summed E-state index contributed by atoms with van der Waals surface area (Å²) >= 11 is 0. The molecule has 0 bridgehead atoms. The van der Waals surface area contributed by atoms with Gasteiger partial charge in [0.05, 0.1) is 19.3 Å². The van der Waals surface area contributed by atoms with Crippen molar-refractivity contribution in [3.8, 4) is 0 Å². The molecule has 1 N–H and O–H groups in total. The smallest absolute Gasteiger partial charge is 0.126 e. The Kier molecular flexibility index (Phi) is 4.18. The zero-order valence-corrected chi connectivity index (χ0v) is 11.2. The summed E-state index contributed by atoms with van der Waals surface area (Å²) in [4.78, 5) is 2.07. The van der Waals surface area contributed by atoms with Gasteiger partial charge < -0.3 is 9.84 Å². The number of halogens is 2. The lowest BCUT2D eigenvalue weighted by Gasteiger charge is -2.43. The number of hydrogen-bond acceptors (Lipinski definition) is 3. The van der Waals surface area contributed by atoms with Gasteiger partial charge in [0, 0.05) is 24.7 Å². The van der Waals surface area contributed by atoms with Crippen LogP contribution in [0.25, 0.3) is 0 Å². The van der Waals surface area contributed by atoms with Gasteiger partial charge in [0.1, 0.15) is 11.6 Å². The predicted molar refractivity (Wildman–Crippen MR) is 67.8 cm³/mol. The average molecular weight is 271 g/mol. The van der Waals surface area contributed by atoms with Crippen molar-refractivity contribution in [3.05, 3.63) is 35.4 Å². The van der Waals surface area contributed by atoms with Crippen LogP contribution in [-0.4, -0.2) is 41.8 Å². The minimum atomic E-state index is -0.962. The number of morpholine rings is 1. The Hall–Kier alpha value is -1.04. The lowest BCUT2D eigenvalue weighted by molar-refractivity contribution is -0.0631. The maximum atomic E-state index is 13.2. The van der Waals surface area contributed by atoms with Crippen molar-refractivity contribution in [2.24, 2.45) is 0 Å². The molecule has 3 nitrogen and oxygen atoms in total. The van der Waals surface area contributed by atoms with Gasteiger partial charge in [-0.05, 0) is 31.5 Å². The Morgan fingerprint density at radius 2 is 1.68 bits per heavy atom. The Bertz CT molecular complexity index is 425. The maximum Gasteiger partial charge on any atom is 0.126 e. The fraction of sp³-hybridized carbons (Fsp3) is 0.571. The van der Waals surface area contributed by atoms with Crippen molar-refractivity contribution in [1.29, 1.82) is 0 Å². The number of hydrogen-bond donors (Lipinski definition) is 1. The number of nitrogens with zero attached hydrogens (tertiary/aromatic N) is 1. The first-order chi connectivity index (χ1) is 8.91. The van der Waals surface area contributed by atoms with E-state index in [1.165, 1.54) is 12.1 Å². The first-order valence-corrected chi connectivity index (χ1v) is 6.38. The maximum absolute atomic E-state index is 13.2. The molecule has 2 rings (SSSR count). The minimum Gasteiger partial charge on any atom is -0.386 e. The van der Waals surface area contributed by atoms with Crippen LogP contribution in [0.5, 0.6) is 0 Å². The lowest BCUT2D eigenvalue weighted by atomic mass is 9.89. The second kappa shape index (κ2) is 5.53. The SMILES string of the molecule is CC(C)(C(O)c1cc(F)cc(F)c1)N1CCOCC1. The van der Waals surface area contributed by atoms with Crippen LogP contribution in [-0.2, 0) is 4.74 Å². The van der Waals surface area contributed by atoms with Gasteiger partial charge >= 0.3 is 0 Å². The van der Waals surface area contributed by atoms with E-state index in [-0.39, 0.29) is 5.56 Å². The third-order valence-electron chi connectivity index (χ3n) is 3.70. The van der Waals surface area contributed by atoms with Crippen LogP contribution in [0.1, 0.15) is 25.5 Å². The van der Waals surface area contributed by atoms with Crippen LogP contribution in [0.2, 0.25) is 0 Å². The topological polar surface area (TPSA) is 32.7 Å². The van der Waals surface area contributed by atoms with Crippen LogP contribution in [0.4, 0.5) is 8.78 Å². The van der Waals surface area contributed by atoms with Crippen LogP contribution < -0.4 is 0 Å². The normalized spacial score (nSPS) is 19.4. The molecule has 1 atom stereocenters. The highest BCUT2D eigenvalue weighted by Gasteiger charge is 2.36. The largest absolute Gasteiger partial charge is 0.386 e. The molecule has 0 amide bonds. The second-order valence-electron chi connectivity index (χ2n) is 5.36. The molecule has 1 unspecified atom stereocenters. The second-order valence-corrected chi connectivity index (χ2v) is 5.36. The molecule has 0 radical (unpaired) electrons. The zero-order valence-electron chi connectivity index (χ0n) is 11.2. The Balaban J connectivity index is 2.22. The Labute approximate surface area is 111 Å². The van der Waals surface area contributed by atoms with E-state index in [0.717, 1.165) is 6.07 Å². The van der Waals surface area contributed by atoms with E-state index in [4.69, 9.17) is 4.74 Å². The molecular weight excluding hydrogens is 252 g/mol. The quantitative estimate of drug-likeness (QED) is 0.914. The Morgan fingerprint density at radius 1 is 1.16 bits per heavy atom. The van der Waals surface area contributed by atoms with Crippen LogP contribution in [0, 0.1) is 11.6 Å². The first kappa shape index (κ1) is 14.4. The van der Waals surface area contributed by atoms with Crippen LogP contribution >= 0.6 is 0 Å². The van der Waals surface area contributed by atoms with Crippen LogP contribution in [0.3, 0.4) is 0 Å². The molecule has 0 aromatic heterocycles. The van der Waals surface area contributed by atoms with E-state index >= 15 is 0 Å². The molecule has 1 aliphatic heterocycles. The number of rotatable bonds is 3. The molecule has 1 aliphatic rings. The lowest BCUT2D eigenvalue weighted by Crippen LogP contribution is -2.53. The summed E-state index contributed by atoms with van der Waals surface area (Å²) in [5.41, 5.74) is -0.349. The zero-order chi connectivity index (χ0) is 14.0. The van der Waals surface area contributed by atoms with E-state index in [1.54, 1.807) is 0 Å². The fourth-order valence-electron chi connectivity index (χ4n) is 2.45. The van der Waals surface area contributed by atoms with E-state index in [9.17, 15) is 13.9 Å². The molecule has 5 heteroatoms. The van der Waals surface area contributed by atoms with Gasteiger partial charge in [0.2, 0.25) is 0 Å². The van der Waals surface area contributed by atoms with Gasteiger partial charge in [-0.15, -0.1) is 0 Å². The van der Waals surface area contributed by atoms with Gasteiger partial charge in [-0.25, -0.2) is 8.78 Å². The summed E-state index contributed by atoms with van der Waals surface area (Å²) in [5, 5.41) is 10.4. The van der Waals surface area contributed by atoms with Gasteiger partial charge in [-0.3, -0.25) is 4.90 Å². The van der Waals surface area contributed by atoms with Crippen molar-refractivity contribution in [2.75, 3.05) is 26.3 Å². The summed E-state index contributed by atoms with van der Waals surface area (Å²) in [5.74, 6) is -1.35. The fourth-order valence-corrected chi connectivity index (χ4v) is 2.45. The summed E-state index contributed by atoms with van der Waals surface area (Å²) in [7, 11) is 0. The third-order valence-corrected chi connectivity index (χ3v) is 3.70. The van der Waals surface area contributed by atoms with Crippen molar-refractivity contribution in [1.82, 2.24) is 4.90 Å². The van der Waals surface area contributed by atoms with Crippen molar-refractivity contribution in [3.63, 3.8) is 0 Å². The van der Waals surface area contributed by atoms with E-state index < -0.39 is 23.3 Å². The highest BCUT2D eigenvalue weighted by Crippen LogP contribution is 2.32. The molecule has 1 heterocycles. The third kappa shape index (κ3) is 3.11. The summed E-state index contributed by atoms with van der Waals surface area (Å²) in [6, 6.07) is 3.16. The molecular formula is C14H19F2NO2. The van der Waals surface area contributed by atoms with E-state index in [0.29, 0.717) is 26.3 Å². The van der Waals surface area contributed by atoms with Gasteiger partial charge in [-0.1, -0.05) is 0 Å². The molecule has 19 heavy (non-hydrogen) atoms. The summed E-state index contributed by atoms with van der Waals surface area (Å²) in [6.45, 7) is 6.34. The predicted octanol–water partition coefficient (Wildman–Crippen LogP) is 2.11. The number of aliphatic hydroxyl groups excluding tert-OH is 1. The molecule has 1 fully saturated rings. The van der Waals surface area contributed by atoms with Gasteiger partial charge in [0.25, 0.3) is 0 Å². The molecule has 1 aromatic rings. The van der Waals surface area contributed by atoms with Gasteiger partial charge in [0.15, 0.2) is 0 Å². The van der Waals surface area contributed by atoms with Crippen molar-refractivity contribution < 1.29 is 18.6 Å². The van der Waals surface area contributed by atoms with Crippen LogP contribution in [0.15, 0.2) is 18.2 Å². The van der Waals surface area contributed by atoms with Crippen molar-refractivity contribution in [2.45, 2.75) is 25.5 Å². The Morgan fingerprint density at radius 3 is 2.21 bits per heavy atom. The van der Waals surface area contributed by atoms with Crippen molar-refractivity contribution >= 4 is 0 Å². The number of aliphatic hydroxyl groups is 1. The van der Waals surface area contributed by atoms with E-state index in [1.807, 2.05) is 13.8 Å². The summed E-state index contributed by atoms with van der Waals surface area (Å²) < 4.78 is 31.7. The molecule has 1 saturated heterocycles. The average Bonchev–Trinajstić information content (AvgIpc) is 2.37. The molecule has 106 valence electrons. The molecule has 1 aromatic carbocycles. The highest BCUT2D eigenvalue weighted by molar-refractivity contribution is 5.23. The summed E-state index contributed by atoms with van der Waals surface area (Å²) in [6.07, 6.45) is -0.962. The van der Waals surface area contributed by atoms with E-state index in [2.05, 4.69) is 4.90 Å². The highest BCUT2D eigenvalue weighted by atomic mass is 19.1.